The molecule has 0 radical (unpaired) electrons. The minimum atomic E-state index is -0.548. The number of pyridine rings is 1. The number of fused-ring (bicyclic) bond motifs is 1. The molecule has 4 fully saturated rings. The van der Waals surface area contributed by atoms with Gasteiger partial charge < -0.3 is 15.3 Å². The van der Waals surface area contributed by atoms with Crippen LogP contribution in [0.25, 0.3) is 0 Å². The van der Waals surface area contributed by atoms with Crippen LogP contribution in [0.1, 0.15) is 50.0 Å². The lowest BCUT2D eigenvalue weighted by molar-refractivity contribution is -0.140. The Morgan fingerprint density at radius 2 is 1.97 bits per heavy atom. The molecule has 2 aromatic rings. The first-order valence-electron chi connectivity index (χ1n) is 14.4. The molecule has 2 N–H and O–H groups in total. The molecule has 10 heteroatoms. The van der Waals surface area contributed by atoms with Gasteiger partial charge in [0, 0.05) is 69.3 Å². The van der Waals surface area contributed by atoms with E-state index in [0.717, 1.165) is 56.9 Å². The number of nitrogens with one attached hydrogen (secondary N) is 1. The Kier molecular flexibility index (Phi) is 6.55. The molecule has 5 unspecified atom stereocenters. The highest BCUT2D eigenvalue weighted by Crippen LogP contribution is 2.65. The summed E-state index contributed by atoms with van der Waals surface area (Å²) in [7, 11) is 3.77. The molecule has 2 saturated heterocycles. The number of likely N-dealkylation sites (tertiary alicyclic amines) is 1. The number of aromatic nitrogens is 3. The summed E-state index contributed by atoms with van der Waals surface area (Å²) in [5, 5.41) is 16.8. The van der Waals surface area contributed by atoms with Gasteiger partial charge >= 0.3 is 5.91 Å². The van der Waals surface area contributed by atoms with Gasteiger partial charge in [-0.3, -0.25) is 14.4 Å². The average molecular weight is 537 g/mol. The van der Waals surface area contributed by atoms with Crippen LogP contribution in [0, 0.1) is 17.3 Å². The van der Waals surface area contributed by atoms with Crippen molar-refractivity contribution >= 4 is 23.3 Å². The van der Waals surface area contributed by atoms with E-state index in [1.807, 2.05) is 19.3 Å². The number of aliphatic hydroxyl groups is 1. The van der Waals surface area contributed by atoms with Crippen LogP contribution in [0.2, 0.25) is 0 Å². The molecule has 2 amide bonds. The molecule has 6 rings (SSSR count). The van der Waals surface area contributed by atoms with E-state index in [4.69, 9.17) is 4.98 Å². The van der Waals surface area contributed by atoms with E-state index < -0.39 is 6.04 Å². The molecule has 10 nitrogen and oxygen atoms in total. The molecule has 4 heterocycles. The second kappa shape index (κ2) is 9.67. The van der Waals surface area contributed by atoms with E-state index >= 15 is 0 Å². The van der Waals surface area contributed by atoms with Gasteiger partial charge in [-0.05, 0) is 25.0 Å². The van der Waals surface area contributed by atoms with Crippen LogP contribution >= 0.6 is 0 Å². The standard InChI is InChI=1S/C29H41N7O3/c1-19(18-37)34-12-14-35(15-13-34)24-9-8-21(17-30-24)36(4)23-16-29(23,2)25(20-6-5-7-20)26(28(36)39)32-27(38)22-10-11-31-33(22)3/h8-11,17,19-20,23,25-26,37H,5-7,12-16,18H2,1-4H3/p+1/t19?,23?,25?,26-,29?,36?/m0/s1. The molecule has 0 aromatic carbocycles. The molecule has 4 aliphatic rings. The number of nitrogens with zero attached hydrogens (tertiary/aromatic N) is 6. The Morgan fingerprint density at radius 3 is 2.54 bits per heavy atom. The van der Waals surface area contributed by atoms with Crippen molar-refractivity contribution in [1.29, 1.82) is 0 Å². The maximum Gasteiger partial charge on any atom is 0.341 e. The van der Waals surface area contributed by atoms with Crippen LogP contribution in [0.3, 0.4) is 0 Å². The van der Waals surface area contributed by atoms with E-state index in [1.165, 1.54) is 6.42 Å². The van der Waals surface area contributed by atoms with Gasteiger partial charge in [-0.15, -0.1) is 0 Å². The summed E-state index contributed by atoms with van der Waals surface area (Å²) in [5.74, 6) is 1.36. The largest absolute Gasteiger partial charge is 0.395 e. The maximum atomic E-state index is 14.5. The molecular weight excluding hydrogens is 494 g/mol. The number of rotatable bonds is 7. The number of quaternary nitrogens is 1. The molecular formula is C29H42N7O3+. The lowest BCUT2D eigenvalue weighted by Gasteiger charge is -2.49. The maximum absolute atomic E-state index is 14.5. The Labute approximate surface area is 230 Å². The van der Waals surface area contributed by atoms with Crippen molar-refractivity contribution in [3.63, 3.8) is 0 Å². The Balaban J connectivity index is 1.26. The Bertz CT molecular complexity index is 1240. The number of piperazine rings is 1. The van der Waals surface area contributed by atoms with Crippen molar-refractivity contribution in [2.45, 2.75) is 57.7 Å². The molecule has 2 aliphatic heterocycles. The lowest BCUT2D eigenvalue weighted by atomic mass is 9.64. The van der Waals surface area contributed by atoms with E-state index in [-0.39, 0.29) is 46.3 Å². The molecule has 2 aliphatic carbocycles. The fraction of sp³-hybridized carbons (Fsp3) is 0.655. The van der Waals surface area contributed by atoms with Crippen molar-refractivity contribution in [3.8, 4) is 0 Å². The van der Waals surface area contributed by atoms with E-state index in [0.29, 0.717) is 11.6 Å². The quantitative estimate of drug-likeness (QED) is 0.520. The fourth-order valence-corrected chi connectivity index (χ4v) is 7.69. The number of anilines is 1. The van der Waals surface area contributed by atoms with Crippen LogP contribution in [0.4, 0.5) is 11.5 Å². The zero-order valence-corrected chi connectivity index (χ0v) is 23.6. The van der Waals surface area contributed by atoms with Gasteiger partial charge in [0.25, 0.3) is 5.91 Å². The Morgan fingerprint density at radius 1 is 1.23 bits per heavy atom. The number of hydrogen-bond donors (Lipinski definition) is 2. The predicted octanol–water partition coefficient (Wildman–Crippen LogP) is 1.79. The van der Waals surface area contributed by atoms with Gasteiger partial charge in [-0.25, -0.2) is 14.3 Å². The average Bonchev–Trinajstić information content (AvgIpc) is 3.45. The summed E-state index contributed by atoms with van der Waals surface area (Å²) in [5.41, 5.74) is 1.35. The zero-order valence-electron chi connectivity index (χ0n) is 23.6. The van der Waals surface area contributed by atoms with Gasteiger partial charge in [-0.1, -0.05) is 26.2 Å². The van der Waals surface area contributed by atoms with E-state index in [1.54, 1.807) is 24.0 Å². The van der Waals surface area contributed by atoms with Gasteiger partial charge in [-0.2, -0.15) is 5.10 Å². The number of amides is 2. The summed E-state index contributed by atoms with van der Waals surface area (Å²) in [6, 6.07) is 5.61. The van der Waals surface area contributed by atoms with Crippen molar-refractivity contribution in [2.75, 3.05) is 44.7 Å². The minimum absolute atomic E-state index is 0.00342. The zero-order chi connectivity index (χ0) is 27.5. The van der Waals surface area contributed by atoms with Gasteiger partial charge in [0.15, 0.2) is 5.69 Å². The molecule has 0 bridgehead atoms. The number of carbonyl (C=O) groups excluding carboxylic acids is 2. The highest BCUT2D eigenvalue weighted by Gasteiger charge is 2.75. The summed E-state index contributed by atoms with van der Waals surface area (Å²) in [6.07, 6.45) is 7.91. The second-order valence-corrected chi connectivity index (χ2v) is 12.6. The molecule has 2 aromatic heterocycles. The second-order valence-electron chi connectivity index (χ2n) is 12.6. The fourth-order valence-electron chi connectivity index (χ4n) is 7.69. The van der Waals surface area contributed by atoms with E-state index in [9.17, 15) is 14.7 Å². The lowest BCUT2D eigenvalue weighted by Crippen LogP contribution is -2.69. The van der Waals surface area contributed by atoms with Gasteiger partial charge in [0.2, 0.25) is 0 Å². The van der Waals surface area contributed by atoms with Crippen molar-refractivity contribution in [2.24, 2.45) is 24.3 Å². The van der Waals surface area contributed by atoms with Crippen LogP contribution in [-0.4, -0.2) is 94.5 Å². The number of hydrogen-bond acceptors (Lipinski definition) is 7. The normalized spacial score (nSPS) is 33.8. The van der Waals surface area contributed by atoms with E-state index in [2.05, 4.69) is 40.1 Å². The summed E-state index contributed by atoms with van der Waals surface area (Å²) < 4.78 is 1.73. The summed E-state index contributed by atoms with van der Waals surface area (Å²) in [6.45, 7) is 8.03. The first-order valence-corrected chi connectivity index (χ1v) is 14.4. The monoisotopic (exact) mass is 536 g/mol. The molecule has 39 heavy (non-hydrogen) atoms. The van der Waals surface area contributed by atoms with Crippen LogP contribution in [0.5, 0.6) is 0 Å². The summed E-state index contributed by atoms with van der Waals surface area (Å²) >= 11 is 0. The van der Waals surface area contributed by atoms with Crippen LogP contribution in [-0.2, 0) is 11.8 Å². The third-order valence-electron chi connectivity index (χ3n) is 10.5. The molecule has 2 saturated carbocycles. The number of aliphatic hydroxyl groups excluding tert-OH is 1. The highest BCUT2D eigenvalue weighted by atomic mass is 16.3. The van der Waals surface area contributed by atoms with Crippen molar-refractivity contribution in [3.05, 3.63) is 36.3 Å². The summed E-state index contributed by atoms with van der Waals surface area (Å²) in [4.78, 5) is 37.2. The van der Waals surface area contributed by atoms with Crippen molar-refractivity contribution in [1.82, 2.24) is 29.5 Å². The Hall–Kier alpha value is -2.82. The number of piperidine rings is 1. The number of aryl methyl sites for hydroxylation is 1. The number of likely N-dealkylation sites (N-methyl/N-ethyl adjacent to an activating group) is 1. The third-order valence-corrected chi connectivity index (χ3v) is 10.5. The van der Waals surface area contributed by atoms with Gasteiger partial charge in [0.05, 0.1) is 19.9 Å². The SMILES string of the molecule is CC(CO)N1CCN(c2ccc([N+]3(C)C(=O)[C@@H](NC(=O)c4ccnn4C)C(C4CCC4)C4(C)CC43)cn2)CC1. The van der Waals surface area contributed by atoms with Gasteiger partial charge in [0.1, 0.15) is 23.6 Å². The minimum Gasteiger partial charge on any atom is -0.395 e. The molecule has 210 valence electrons. The highest BCUT2D eigenvalue weighted by molar-refractivity contribution is 6.01. The molecule has 6 atom stereocenters. The third kappa shape index (κ3) is 4.19. The topological polar surface area (TPSA) is 104 Å². The number of carbonyl (C=O) groups is 2. The smallest absolute Gasteiger partial charge is 0.341 e. The van der Waals surface area contributed by atoms with Crippen LogP contribution in [0.15, 0.2) is 30.6 Å². The van der Waals surface area contributed by atoms with Crippen molar-refractivity contribution < 1.29 is 14.7 Å². The first kappa shape index (κ1) is 26.4. The first-order chi connectivity index (χ1) is 18.7. The predicted molar refractivity (Wildman–Crippen MR) is 149 cm³/mol. The molecule has 0 spiro atoms. The van der Waals surface area contributed by atoms with Crippen LogP contribution < -0.4 is 14.7 Å².